The number of carbonyl (C=O) groups excluding carboxylic acids is 1. The minimum Gasteiger partial charge on any atom is -0.461 e. The fraction of sp³-hybridized carbons (Fsp3) is 0.450. The summed E-state index contributed by atoms with van der Waals surface area (Å²) in [6, 6.07) is 4.30. The maximum atomic E-state index is 11.2. The molecule has 0 amide bonds. The highest BCUT2D eigenvalue weighted by molar-refractivity contribution is 5.66. The van der Waals surface area contributed by atoms with E-state index in [2.05, 4.69) is 55.7 Å². The molecule has 1 aromatic carbocycles. The molecule has 5 heteroatoms. The molecule has 134 valence electrons. The fourth-order valence-corrected chi connectivity index (χ4v) is 3.07. The van der Waals surface area contributed by atoms with Crippen LogP contribution in [0, 0.1) is 20.8 Å². The van der Waals surface area contributed by atoms with Gasteiger partial charge < -0.3 is 4.74 Å². The summed E-state index contributed by atoms with van der Waals surface area (Å²) >= 11 is 0. The van der Waals surface area contributed by atoms with Gasteiger partial charge in [-0.15, -0.1) is 0 Å². The summed E-state index contributed by atoms with van der Waals surface area (Å²) in [5.41, 5.74) is 6.98. The van der Waals surface area contributed by atoms with Crippen LogP contribution in [-0.2, 0) is 22.7 Å². The van der Waals surface area contributed by atoms with Crippen LogP contribution >= 0.6 is 0 Å². The van der Waals surface area contributed by atoms with E-state index in [9.17, 15) is 4.79 Å². The number of nitrogens with zero attached hydrogens (tertiary/aromatic N) is 3. The minimum atomic E-state index is -0.254. The molecule has 0 N–H and O–H groups in total. The van der Waals surface area contributed by atoms with Gasteiger partial charge in [0.25, 0.3) is 0 Å². The Morgan fingerprint density at radius 3 is 2.52 bits per heavy atom. The zero-order valence-electron chi connectivity index (χ0n) is 16.0. The molecule has 25 heavy (non-hydrogen) atoms. The normalized spacial score (nSPS) is 12.3. The van der Waals surface area contributed by atoms with E-state index in [1.54, 1.807) is 12.5 Å². The van der Waals surface area contributed by atoms with E-state index >= 15 is 0 Å². The highest BCUT2D eigenvalue weighted by Gasteiger charge is 2.18. The number of rotatable bonds is 6. The van der Waals surface area contributed by atoms with Crippen LogP contribution in [0.1, 0.15) is 53.4 Å². The number of carbonyl (C=O) groups is 1. The van der Waals surface area contributed by atoms with E-state index in [4.69, 9.17) is 4.74 Å². The topological polar surface area (TPSA) is 55.3 Å². The van der Waals surface area contributed by atoms with Gasteiger partial charge in [-0.05, 0) is 68.6 Å². The molecule has 5 nitrogen and oxygen atoms in total. The van der Waals surface area contributed by atoms with Gasteiger partial charge in [0.15, 0.2) is 0 Å². The Kier molecular flexibility index (Phi) is 6.26. The van der Waals surface area contributed by atoms with Crippen LogP contribution in [0.2, 0.25) is 0 Å². The van der Waals surface area contributed by atoms with Crippen molar-refractivity contribution in [1.82, 2.24) is 14.9 Å². The smallest absolute Gasteiger partial charge is 0.302 e. The quantitative estimate of drug-likeness (QED) is 0.751. The highest BCUT2D eigenvalue weighted by atomic mass is 16.5. The summed E-state index contributed by atoms with van der Waals surface area (Å²) < 4.78 is 5.24. The van der Waals surface area contributed by atoms with Crippen molar-refractivity contribution in [2.24, 2.45) is 0 Å². The molecule has 1 heterocycles. The molecular weight excluding hydrogens is 314 g/mol. The highest BCUT2D eigenvalue weighted by Crippen LogP contribution is 2.26. The summed E-state index contributed by atoms with van der Waals surface area (Å²) in [5.74, 6) is -0.254. The number of aromatic nitrogens is 2. The van der Waals surface area contributed by atoms with E-state index in [-0.39, 0.29) is 12.0 Å². The van der Waals surface area contributed by atoms with Gasteiger partial charge in [-0.2, -0.15) is 0 Å². The van der Waals surface area contributed by atoms with Gasteiger partial charge in [0.2, 0.25) is 0 Å². The third kappa shape index (κ3) is 4.63. The van der Waals surface area contributed by atoms with Crippen molar-refractivity contribution in [2.75, 3.05) is 7.05 Å². The summed E-state index contributed by atoms with van der Waals surface area (Å²) in [6.45, 7) is 11.0. The number of esters is 1. The van der Waals surface area contributed by atoms with Gasteiger partial charge in [-0.1, -0.05) is 6.07 Å². The Morgan fingerprint density at radius 1 is 1.24 bits per heavy atom. The Morgan fingerprint density at radius 2 is 1.92 bits per heavy atom. The zero-order chi connectivity index (χ0) is 18.6. The lowest BCUT2D eigenvalue weighted by Crippen LogP contribution is -2.24. The number of aryl methyl sites for hydroxylation is 2. The standard InChI is InChI=1S/C20H27N3O2/c1-13-9-14(2)19(11-25-17(5)24)15(3)18(13)10-23(6)16(4)20-7-8-21-12-22-20/h7-9,12,16H,10-11H2,1-6H3/t16-/m1/s1. The molecule has 0 aliphatic heterocycles. The van der Waals surface area contributed by atoms with Crippen molar-refractivity contribution in [2.45, 2.75) is 53.8 Å². The molecule has 2 rings (SSSR count). The lowest BCUT2D eigenvalue weighted by Gasteiger charge is -2.27. The molecule has 0 radical (unpaired) electrons. The van der Waals surface area contributed by atoms with Crippen molar-refractivity contribution in [1.29, 1.82) is 0 Å². The molecule has 0 saturated carbocycles. The number of hydrogen-bond donors (Lipinski definition) is 0. The monoisotopic (exact) mass is 341 g/mol. The molecule has 1 atom stereocenters. The van der Waals surface area contributed by atoms with E-state index in [1.165, 1.54) is 23.6 Å². The summed E-state index contributed by atoms with van der Waals surface area (Å²) in [5, 5.41) is 0. The fourth-order valence-electron chi connectivity index (χ4n) is 3.07. The van der Waals surface area contributed by atoms with Crippen molar-refractivity contribution >= 4 is 5.97 Å². The zero-order valence-corrected chi connectivity index (χ0v) is 16.0. The van der Waals surface area contributed by atoms with Crippen molar-refractivity contribution in [3.63, 3.8) is 0 Å². The summed E-state index contributed by atoms with van der Waals surface area (Å²) in [7, 11) is 2.09. The number of hydrogen-bond acceptors (Lipinski definition) is 5. The summed E-state index contributed by atoms with van der Waals surface area (Å²) in [4.78, 5) is 21.8. The Bertz CT molecular complexity index is 744. The molecule has 0 saturated heterocycles. The lowest BCUT2D eigenvalue weighted by molar-refractivity contribution is -0.142. The van der Waals surface area contributed by atoms with E-state index < -0.39 is 0 Å². The largest absolute Gasteiger partial charge is 0.461 e. The first-order chi connectivity index (χ1) is 11.8. The molecule has 0 spiro atoms. The average molecular weight is 341 g/mol. The molecule has 2 aromatic rings. The Labute approximate surface area is 150 Å². The predicted molar refractivity (Wildman–Crippen MR) is 98.0 cm³/mol. The predicted octanol–water partition coefficient (Wildman–Crippen LogP) is 3.66. The molecule has 0 aliphatic carbocycles. The van der Waals surface area contributed by atoms with Crippen molar-refractivity contribution in [3.05, 3.63) is 58.2 Å². The maximum absolute atomic E-state index is 11.2. The van der Waals surface area contributed by atoms with Crippen LogP contribution in [0.15, 0.2) is 24.7 Å². The van der Waals surface area contributed by atoms with Crippen LogP contribution in [0.5, 0.6) is 0 Å². The number of ether oxygens (including phenoxy) is 1. The SMILES string of the molecule is CC(=O)OCc1c(C)cc(C)c(CN(C)[C@H](C)c2ccncn2)c1C. The second-order valence-corrected chi connectivity index (χ2v) is 6.60. The molecule has 1 aromatic heterocycles. The van der Waals surface area contributed by atoms with E-state index in [0.717, 1.165) is 23.4 Å². The first kappa shape index (κ1) is 19.1. The maximum Gasteiger partial charge on any atom is 0.302 e. The van der Waals surface area contributed by atoms with E-state index in [1.807, 2.05) is 6.07 Å². The van der Waals surface area contributed by atoms with Crippen LogP contribution in [0.3, 0.4) is 0 Å². The third-order valence-electron chi connectivity index (χ3n) is 4.81. The van der Waals surface area contributed by atoms with Gasteiger partial charge in [0.1, 0.15) is 12.9 Å². The Hall–Kier alpha value is -2.27. The van der Waals surface area contributed by atoms with Gasteiger partial charge in [0, 0.05) is 25.7 Å². The molecule has 0 bridgehead atoms. The van der Waals surface area contributed by atoms with Gasteiger partial charge in [0.05, 0.1) is 5.69 Å². The van der Waals surface area contributed by atoms with Gasteiger partial charge in [-0.25, -0.2) is 9.97 Å². The molecule has 0 unspecified atom stereocenters. The number of benzene rings is 1. The first-order valence-electron chi connectivity index (χ1n) is 8.49. The van der Waals surface area contributed by atoms with Gasteiger partial charge in [-0.3, -0.25) is 9.69 Å². The van der Waals surface area contributed by atoms with Crippen LogP contribution in [0.4, 0.5) is 0 Å². The van der Waals surface area contributed by atoms with Gasteiger partial charge >= 0.3 is 5.97 Å². The second kappa shape index (κ2) is 8.21. The lowest BCUT2D eigenvalue weighted by atomic mass is 9.93. The van der Waals surface area contributed by atoms with Crippen molar-refractivity contribution < 1.29 is 9.53 Å². The summed E-state index contributed by atoms with van der Waals surface area (Å²) in [6.07, 6.45) is 3.35. The Balaban J connectivity index is 2.26. The third-order valence-corrected chi connectivity index (χ3v) is 4.81. The first-order valence-corrected chi connectivity index (χ1v) is 8.49. The minimum absolute atomic E-state index is 0.181. The van der Waals surface area contributed by atoms with Crippen LogP contribution < -0.4 is 0 Å². The van der Waals surface area contributed by atoms with Crippen molar-refractivity contribution in [3.8, 4) is 0 Å². The van der Waals surface area contributed by atoms with Crippen LogP contribution in [0.25, 0.3) is 0 Å². The molecule has 0 fully saturated rings. The second-order valence-electron chi connectivity index (χ2n) is 6.60. The molecule has 0 aliphatic rings. The average Bonchev–Trinajstić information content (AvgIpc) is 2.58. The molecular formula is C20H27N3O2. The van der Waals surface area contributed by atoms with Crippen LogP contribution in [-0.4, -0.2) is 27.9 Å². The van der Waals surface area contributed by atoms with E-state index in [0.29, 0.717) is 6.61 Å².